The molecular formula is C25H20N2O5. The van der Waals surface area contributed by atoms with Crippen molar-refractivity contribution in [2.24, 2.45) is 0 Å². The summed E-state index contributed by atoms with van der Waals surface area (Å²) in [5.41, 5.74) is 2.94. The van der Waals surface area contributed by atoms with E-state index in [1.807, 2.05) is 49.4 Å². The molecule has 0 aromatic heterocycles. The Balaban J connectivity index is 1.40. The van der Waals surface area contributed by atoms with Crippen LogP contribution >= 0.6 is 0 Å². The molecule has 0 fully saturated rings. The summed E-state index contributed by atoms with van der Waals surface area (Å²) in [6.07, 6.45) is 0. The molecule has 32 heavy (non-hydrogen) atoms. The summed E-state index contributed by atoms with van der Waals surface area (Å²) in [5.74, 6) is -2.12. The smallest absolute Gasteiger partial charge is 0.338 e. The van der Waals surface area contributed by atoms with Gasteiger partial charge in [0.2, 0.25) is 0 Å². The van der Waals surface area contributed by atoms with E-state index in [0.29, 0.717) is 5.69 Å². The highest BCUT2D eigenvalue weighted by atomic mass is 16.5. The number of fused-ring (bicyclic) bond motifs is 1. The molecule has 4 rings (SSSR count). The van der Waals surface area contributed by atoms with E-state index in [4.69, 9.17) is 4.74 Å². The Morgan fingerprint density at radius 3 is 2.28 bits per heavy atom. The van der Waals surface area contributed by atoms with Crippen LogP contribution in [0.5, 0.6) is 0 Å². The molecule has 0 saturated carbocycles. The molecule has 7 heteroatoms. The van der Waals surface area contributed by atoms with Crippen LogP contribution in [0.1, 0.15) is 42.2 Å². The van der Waals surface area contributed by atoms with Gasteiger partial charge in [-0.3, -0.25) is 19.3 Å². The van der Waals surface area contributed by atoms with Crippen molar-refractivity contribution in [3.8, 4) is 0 Å². The average molecular weight is 428 g/mol. The molecule has 0 atom stereocenters. The number of ether oxygens (including phenoxy) is 1. The zero-order valence-corrected chi connectivity index (χ0v) is 17.3. The SMILES string of the molecule is Cc1ccc(NC(=O)COC(=O)c2ccc3c(c2)C(=O)N(Cc2ccccc2)C3=O)cc1. The number of benzene rings is 3. The molecule has 1 aliphatic heterocycles. The fourth-order valence-electron chi connectivity index (χ4n) is 3.38. The first-order chi connectivity index (χ1) is 15.4. The highest BCUT2D eigenvalue weighted by molar-refractivity contribution is 6.21. The molecule has 1 aliphatic rings. The van der Waals surface area contributed by atoms with Crippen LogP contribution in [0.15, 0.2) is 72.8 Å². The maximum atomic E-state index is 12.8. The molecule has 0 aliphatic carbocycles. The second-order valence-corrected chi connectivity index (χ2v) is 7.43. The number of hydrogen-bond acceptors (Lipinski definition) is 5. The number of esters is 1. The van der Waals surface area contributed by atoms with Crippen molar-refractivity contribution in [3.63, 3.8) is 0 Å². The van der Waals surface area contributed by atoms with Crippen LogP contribution in [-0.4, -0.2) is 35.2 Å². The van der Waals surface area contributed by atoms with E-state index in [9.17, 15) is 19.2 Å². The zero-order chi connectivity index (χ0) is 22.7. The summed E-state index contributed by atoms with van der Waals surface area (Å²) in [7, 11) is 0. The lowest BCUT2D eigenvalue weighted by atomic mass is 10.1. The number of carbonyl (C=O) groups is 4. The van der Waals surface area contributed by atoms with Crippen molar-refractivity contribution in [1.29, 1.82) is 0 Å². The van der Waals surface area contributed by atoms with Gasteiger partial charge in [-0.05, 0) is 42.8 Å². The molecule has 0 bridgehead atoms. The number of nitrogens with zero attached hydrogens (tertiary/aromatic N) is 1. The quantitative estimate of drug-likeness (QED) is 0.479. The van der Waals surface area contributed by atoms with Gasteiger partial charge < -0.3 is 10.1 Å². The molecule has 1 heterocycles. The van der Waals surface area contributed by atoms with Gasteiger partial charge in [-0.1, -0.05) is 48.0 Å². The van der Waals surface area contributed by atoms with E-state index >= 15 is 0 Å². The number of imide groups is 1. The molecule has 0 radical (unpaired) electrons. The Morgan fingerprint density at radius 1 is 0.875 bits per heavy atom. The van der Waals surface area contributed by atoms with Crippen molar-refractivity contribution in [2.45, 2.75) is 13.5 Å². The zero-order valence-electron chi connectivity index (χ0n) is 17.3. The summed E-state index contributed by atoms with van der Waals surface area (Å²) < 4.78 is 5.07. The number of rotatable bonds is 6. The minimum atomic E-state index is -0.756. The third-order valence-electron chi connectivity index (χ3n) is 5.06. The molecule has 0 saturated heterocycles. The molecular weight excluding hydrogens is 408 g/mol. The normalized spacial score (nSPS) is 12.5. The van der Waals surface area contributed by atoms with Gasteiger partial charge in [0.15, 0.2) is 6.61 Å². The molecule has 3 aromatic rings. The number of nitrogens with one attached hydrogen (secondary N) is 1. The first-order valence-corrected chi connectivity index (χ1v) is 10.00. The van der Waals surface area contributed by atoms with Crippen LogP contribution in [-0.2, 0) is 16.1 Å². The summed E-state index contributed by atoms with van der Waals surface area (Å²) in [6.45, 7) is 1.60. The van der Waals surface area contributed by atoms with Gasteiger partial charge >= 0.3 is 5.97 Å². The number of anilines is 1. The molecule has 3 aromatic carbocycles. The second kappa shape index (κ2) is 8.85. The fourth-order valence-corrected chi connectivity index (χ4v) is 3.38. The van der Waals surface area contributed by atoms with Gasteiger partial charge in [0.05, 0.1) is 23.2 Å². The van der Waals surface area contributed by atoms with Crippen LogP contribution in [0.3, 0.4) is 0 Å². The number of carbonyl (C=O) groups excluding carboxylic acids is 4. The standard InChI is InChI=1S/C25H20N2O5/c1-16-7-10-19(11-8-16)26-22(28)15-32-25(31)18-9-12-20-21(13-18)24(30)27(23(20)29)14-17-5-3-2-4-6-17/h2-13H,14-15H2,1H3,(H,26,28). The Kier molecular flexibility index (Phi) is 5.81. The van der Waals surface area contributed by atoms with Crippen LogP contribution in [0, 0.1) is 6.92 Å². The summed E-state index contributed by atoms with van der Waals surface area (Å²) in [5, 5.41) is 2.64. The topological polar surface area (TPSA) is 92.8 Å². The van der Waals surface area contributed by atoms with Gasteiger partial charge in [0.25, 0.3) is 17.7 Å². The Morgan fingerprint density at radius 2 is 1.56 bits per heavy atom. The minimum absolute atomic E-state index is 0.0922. The highest BCUT2D eigenvalue weighted by Crippen LogP contribution is 2.26. The third kappa shape index (κ3) is 4.41. The van der Waals surface area contributed by atoms with Gasteiger partial charge in [-0.15, -0.1) is 0 Å². The summed E-state index contributed by atoms with van der Waals surface area (Å²) in [6, 6.07) is 20.6. The number of amides is 3. The maximum Gasteiger partial charge on any atom is 0.338 e. The monoisotopic (exact) mass is 428 g/mol. The van der Waals surface area contributed by atoms with Crippen LogP contribution < -0.4 is 5.32 Å². The molecule has 0 spiro atoms. The lowest BCUT2D eigenvalue weighted by molar-refractivity contribution is -0.119. The Labute approximate surface area is 184 Å². The van der Waals surface area contributed by atoms with Gasteiger partial charge in [-0.25, -0.2) is 4.79 Å². The summed E-state index contributed by atoms with van der Waals surface area (Å²) in [4.78, 5) is 51.0. The lowest BCUT2D eigenvalue weighted by Crippen LogP contribution is -2.29. The molecule has 0 unspecified atom stereocenters. The van der Waals surface area contributed by atoms with E-state index in [0.717, 1.165) is 16.0 Å². The third-order valence-corrected chi connectivity index (χ3v) is 5.06. The fraction of sp³-hybridized carbons (Fsp3) is 0.120. The van der Waals surface area contributed by atoms with Gasteiger partial charge in [0, 0.05) is 5.69 Å². The maximum absolute atomic E-state index is 12.8. The largest absolute Gasteiger partial charge is 0.452 e. The van der Waals surface area contributed by atoms with E-state index in [-0.39, 0.29) is 23.2 Å². The minimum Gasteiger partial charge on any atom is -0.452 e. The van der Waals surface area contributed by atoms with Crippen LogP contribution in [0.4, 0.5) is 5.69 Å². The van der Waals surface area contributed by atoms with Crippen molar-refractivity contribution in [1.82, 2.24) is 4.90 Å². The van der Waals surface area contributed by atoms with Crippen LogP contribution in [0.25, 0.3) is 0 Å². The number of aryl methyl sites for hydroxylation is 1. The average Bonchev–Trinajstić information content (AvgIpc) is 3.04. The predicted molar refractivity (Wildman–Crippen MR) is 117 cm³/mol. The van der Waals surface area contributed by atoms with Crippen molar-refractivity contribution < 1.29 is 23.9 Å². The van der Waals surface area contributed by atoms with E-state index < -0.39 is 30.3 Å². The molecule has 160 valence electrons. The van der Waals surface area contributed by atoms with E-state index in [2.05, 4.69) is 5.32 Å². The lowest BCUT2D eigenvalue weighted by Gasteiger charge is -2.13. The van der Waals surface area contributed by atoms with E-state index in [1.54, 1.807) is 12.1 Å². The highest BCUT2D eigenvalue weighted by Gasteiger charge is 2.36. The van der Waals surface area contributed by atoms with Gasteiger partial charge in [0.1, 0.15) is 0 Å². The van der Waals surface area contributed by atoms with Gasteiger partial charge in [-0.2, -0.15) is 0 Å². The summed E-state index contributed by atoms with van der Waals surface area (Å²) >= 11 is 0. The Hall–Kier alpha value is -4.26. The first kappa shape index (κ1) is 21.0. The molecule has 7 nitrogen and oxygen atoms in total. The molecule has 1 N–H and O–H groups in total. The molecule has 3 amide bonds. The Bertz CT molecular complexity index is 1200. The van der Waals surface area contributed by atoms with Crippen molar-refractivity contribution in [3.05, 3.63) is 101 Å². The van der Waals surface area contributed by atoms with Crippen molar-refractivity contribution >= 4 is 29.4 Å². The van der Waals surface area contributed by atoms with Crippen molar-refractivity contribution in [2.75, 3.05) is 11.9 Å². The van der Waals surface area contributed by atoms with Crippen LogP contribution in [0.2, 0.25) is 0 Å². The first-order valence-electron chi connectivity index (χ1n) is 10.00. The number of hydrogen-bond donors (Lipinski definition) is 1. The second-order valence-electron chi connectivity index (χ2n) is 7.43. The predicted octanol–water partition coefficient (Wildman–Crippen LogP) is 3.59. The van der Waals surface area contributed by atoms with E-state index in [1.165, 1.54) is 18.2 Å².